The Morgan fingerprint density at radius 1 is 1.04 bits per heavy atom. The van der Waals surface area contributed by atoms with Crippen LogP contribution in [-0.2, 0) is 4.79 Å². The Morgan fingerprint density at radius 3 is 2.44 bits per heavy atom. The average Bonchev–Trinajstić information content (AvgIpc) is 2.66. The number of rotatable bonds is 5. The van der Waals surface area contributed by atoms with Crippen LogP contribution in [0.4, 0.5) is 11.4 Å². The number of methoxy groups -OCH3 is 1. The first-order chi connectivity index (χ1) is 13.0. The highest BCUT2D eigenvalue weighted by Gasteiger charge is 2.20. The minimum atomic E-state index is -0.134. The maximum absolute atomic E-state index is 12.3. The Balaban J connectivity index is 1.53. The number of piperazine rings is 1. The summed E-state index contributed by atoms with van der Waals surface area (Å²) >= 11 is 18.0. The van der Waals surface area contributed by atoms with Crippen molar-refractivity contribution >= 4 is 52.1 Å². The molecule has 0 radical (unpaired) electrons. The summed E-state index contributed by atoms with van der Waals surface area (Å²) in [6.07, 6.45) is 0. The normalized spacial score (nSPS) is 14.9. The second-order valence-electron chi connectivity index (χ2n) is 6.26. The lowest BCUT2D eigenvalue weighted by Gasteiger charge is -2.35. The lowest BCUT2D eigenvalue weighted by atomic mass is 10.2. The van der Waals surface area contributed by atoms with E-state index >= 15 is 0 Å². The summed E-state index contributed by atoms with van der Waals surface area (Å²) in [6.45, 7) is 3.56. The van der Waals surface area contributed by atoms with Gasteiger partial charge in [-0.1, -0.05) is 40.9 Å². The van der Waals surface area contributed by atoms with Crippen LogP contribution in [0.5, 0.6) is 5.75 Å². The number of carbonyl (C=O) groups is 1. The molecular weight excluding hydrogens is 409 g/mol. The van der Waals surface area contributed by atoms with Gasteiger partial charge in [-0.3, -0.25) is 9.69 Å². The van der Waals surface area contributed by atoms with Gasteiger partial charge in [-0.25, -0.2) is 0 Å². The molecule has 2 aromatic rings. The second-order valence-corrected chi connectivity index (χ2v) is 7.48. The summed E-state index contributed by atoms with van der Waals surface area (Å²) in [5.74, 6) is 0.706. The molecule has 0 bridgehead atoms. The summed E-state index contributed by atoms with van der Waals surface area (Å²) < 4.78 is 5.28. The van der Waals surface area contributed by atoms with Gasteiger partial charge in [0.15, 0.2) is 0 Å². The van der Waals surface area contributed by atoms with Gasteiger partial charge in [-0.2, -0.15) is 0 Å². The molecule has 0 atom stereocenters. The van der Waals surface area contributed by atoms with Gasteiger partial charge in [-0.05, 0) is 24.3 Å². The number of halogens is 3. The Labute approximate surface area is 173 Å². The molecule has 0 aromatic heterocycles. The molecule has 0 unspecified atom stereocenters. The van der Waals surface area contributed by atoms with E-state index < -0.39 is 0 Å². The Hall–Kier alpha value is -1.66. The highest BCUT2D eigenvalue weighted by molar-refractivity contribution is 6.44. The number of ether oxygens (including phenoxy) is 1. The van der Waals surface area contributed by atoms with Crippen molar-refractivity contribution < 1.29 is 9.53 Å². The zero-order chi connectivity index (χ0) is 19.4. The fourth-order valence-electron chi connectivity index (χ4n) is 2.98. The first-order valence-corrected chi connectivity index (χ1v) is 9.65. The van der Waals surface area contributed by atoms with Gasteiger partial charge in [0.05, 0.1) is 34.4 Å². The monoisotopic (exact) mass is 427 g/mol. The summed E-state index contributed by atoms with van der Waals surface area (Å²) in [5.41, 5.74) is 1.59. The van der Waals surface area contributed by atoms with Crippen LogP contribution >= 0.6 is 34.8 Å². The van der Waals surface area contributed by atoms with E-state index in [4.69, 9.17) is 39.5 Å². The second kappa shape index (κ2) is 9.02. The third-order valence-electron chi connectivity index (χ3n) is 4.44. The fraction of sp³-hybridized carbons (Fsp3) is 0.316. The van der Waals surface area contributed by atoms with E-state index in [1.807, 2.05) is 18.2 Å². The number of carbonyl (C=O) groups excluding carboxylic acids is 1. The van der Waals surface area contributed by atoms with Gasteiger partial charge in [0.2, 0.25) is 5.91 Å². The van der Waals surface area contributed by atoms with Crippen LogP contribution in [0.2, 0.25) is 15.1 Å². The maximum atomic E-state index is 12.3. The molecule has 1 aliphatic heterocycles. The third kappa shape index (κ3) is 5.20. The van der Waals surface area contributed by atoms with Gasteiger partial charge >= 0.3 is 0 Å². The number of nitrogens with one attached hydrogen (secondary N) is 1. The number of benzene rings is 2. The van der Waals surface area contributed by atoms with Gasteiger partial charge in [0.1, 0.15) is 5.75 Å². The van der Waals surface area contributed by atoms with Crippen LogP contribution in [-0.4, -0.2) is 50.6 Å². The van der Waals surface area contributed by atoms with Crippen LogP contribution in [0.25, 0.3) is 0 Å². The molecule has 1 amide bonds. The van der Waals surface area contributed by atoms with Crippen LogP contribution in [0, 0.1) is 0 Å². The van der Waals surface area contributed by atoms with E-state index in [2.05, 4.69) is 21.2 Å². The van der Waals surface area contributed by atoms with Crippen LogP contribution in [0.1, 0.15) is 0 Å². The van der Waals surface area contributed by atoms with Crippen molar-refractivity contribution in [3.8, 4) is 5.75 Å². The van der Waals surface area contributed by atoms with Crippen LogP contribution in [0.3, 0.4) is 0 Å². The van der Waals surface area contributed by atoms with E-state index in [1.165, 1.54) is 6.07 Å². The van der Waals surface area contributed by atoms with Gasteiger partial charge in [0, 0.05) is 37.9 Å². The third-order valence-corrected chi connectivity index (χ3v) is 5.48. The average molecular weight is 429 g/mol. The minimum absolute atomic E-state index is 0.134. The smallest absolute Gasteiger partial charge is 0.238 e. The predicted octanol–water partition coefficient (Wildman–Crippen LogP) is 4.42. The van der Waals surface area contributed by atoms with E-state index in [0.717, 1.165) is 37.6 Å². The molecule has 8 heteroatoms. The number of anilines is 2. The van der Waals surface area contributed by atoms with E-state index in [0.29, 0.717) is 27.3 Å². The SMILES string of the molecule is COc1cccc(N2CCN(CC(=O)Nc3cc(Cl)c(Cl)cc3Cl)CC2)c1. The van der Waals surface area contributed by atoms with Crippen molar-refractivity contribution in [2.45, 2.75) is 0 Å². The number of hydrogen-bond donors (Lipinski definition) is 1. The van der Waals surface area contributed by atoms with Crippen molar-refractivity contribution in [2.24, 2.45) is 0 Å². The number of amides is 1. The molecule has 0 spiro atoms. The van der Waals surface area contributed by atoms with Crippen molar-refractivity contribution in [1.29, 1.82) is 0 Å². The number of nitrogens with zero attached hydrogens (tertiary/aromatic N) is 2. The van der Waals surface area contributed by atoms with E-state index in [1.54, 1.807) is 13.2 Å². The zero-order valence-electron chi connectivity index (χ0n) is 14.8. The summed E-state index contributed by atoms with van der Waals surface area (Å²) in [6, 6.07) is 11.1. The van der Waals surface area contributed by atoms with Gasteiger partial charge in [0.25, 0.3) is 0 Å². The molecule has 0 aliphatic carbocycles. The molecule has 0 saturated carbocycles. The quantitative estimate of drug-likeness (QED) is 0.716. The zero-order valence-corrected chi connectivity index (χ0v) is 17.1. The largest absolute Gasteiger partial charge is 0.497 e. The molecule has 3 rings (SSSR count). The number of hydrogen-bond acceptors (Lipinski definition) is 4. The topological polar surface area (TPSA) is 44.8 Å². The highest BCUT2D eigenvalue weighted by Crippen LogP contribution is 2.32. The molecule has 1 heterocycles. The lowest BCUT2D eigenvalue weighted by molar-refractivity contribution is -0.117. The summed E-state index contributed by atoms with van der Waals surface area (Å²) in [5, 5.41) is 3.86. The van der Waals surface area contributed by atoms with Crippen molar-refractivity contribution in [2.75, 3.05) is 50.1 Å². The standard InChI is InChI=1S/C19H20Cl3N3O2/c1-27-14-4-2-3-13(9-14)25-7-5-24(6-8-25)12-19(26)23-18-11-16(21)15(20)10-17(18)22/h2-4,9-11H,5-8,12H2,1H3,(H,23,26). The predicted molar refractivity (Wildman–Crippen MR) is 112 cm³/mol. The fourth-order valence-corrected chi connectivity index (χ4v) is 3.58. The Bertz CT molecular complexity index is 824. The van der Waals surface area contributed by atoms with Crippen LogP contribution < -0.4 is 15.0 Å². The van der Waals surface area contributed by atoms with Crippen molar-refractivity contribution in [3.63, 3.8) is 0 Å². The van der Waals surface area contributed by atoms with E-state index in [-0.39, 0.29) is 5.91 Å². The van der Waals surface area contributed by atoms with Gasteiger partial charge in [-0.15, -0.1) is 0 Å². The molecule has 1 saturated heterocycles. The molecule has 5 nitrogen and oxygen atoms in total. The van der Waals surface area contributed by atoms with Crippen LogP contribution in [0.15, 0.2) is 36.4 Å². The molecule has 1 fully saturated rings. The lowest BCUT2D eigenvalue weighted by Crippen LogP contribution is -2.48. The summed E-state index contributed by atoms with van der Waals surface area (Å²) in [4.78, 5) is 16.7. The molecule has 144 valence electrons. The summed E-state index contributed by atoms with van der Waals surface area (Å²) in [7, 11) is 1.66. The van der Waals surface area contributed by atoms with Gasteiger partial charge < -0.3 is 15.0 Å². The van der Waals surface area contributed by atoms with Crippen molar-refractivity contribution in [3.05, 3.63) is 51.5 Å². The molecule has 1 N–H and O–H groups in total. The highest BCUT2D eigenvalue weighted by atomic mass is 35.5. The minimum Gasteiger partial charge on any atom is -0.497 e. The van der Waals surface area contributed by atoms with E-state index in [9.17, 15) is 4.79 Å². The Kier molecular flexibility index (Phi) is 6.71. The molecule has 1 aliphatic rings. The Morgan fingerprint density at radius 2 is 1.74 bits per heavy atom. The maximum Gasteiger partial charge on any atom is 0.238 e. The molecule has 27 heavy (non-hydrogen) atoms. The molecular formula is C19H20Cl3N3O2. The van der Waals surface area contributed by atoms with Crippen molar-refractivity contribution in [1.82, 2.24) is 4.90 Å². The first-order valence-electron chi connectivity index (χ1n) is 8.52. The molecule has 2 aromatic carbocycles. The first kappa shape index (κ1) is 20.1.